The van der Waals surface area contributed by atoms with E-state index < -0.39 is 0 Å². The Kier molecular flexibility index (Phi) is 7.09. The SMILES string of the molecule is CCNC(CC(C)CNc1ccc2ccc(Cl)cc2n1)NCC. The van der Waals surface area contributed by atoms with Crippen LogP contribution in [0.5, 0.6) is 0 Å². The third kappa shape index (κ3) is 5.65. The molecule has 0 bridgehead atoms. The van der Waals surface area contributed by atoms with E-state index in [1.54, 1.807) is 0 Å². The monoisotopic (exact) mass is 334 g/mol. The van der Waals surface area contributed by atoms with E-state index >= 15 is 0 Å². The first-order valence-electron chi connectivity index (χ1n) is 8.39. The second kappa shape index (κ2) is 9.06. The van der Waals surface area contributed by atoms with Crippen LogP contribution in [0, 0.1) is 5.92 Å². The lowest BCUT2D eigenvalue weighted by atomic mass is 10.1. The number of fused-ring (bicyclic) bond motifs is 1. The van der Waals surface area contributed by atoms with Gasteiger partial charge in [-0.2, -0.15) is 0 Å². The van der Waals surface area contributed by atoms with Gasteiger partial charge in [-0.05, 0) is 49.7 Å². The van der Waals surface area contributed by atoms with Gasteiger partial charge in [0.25, 0.3) is 0 Å². The molecule has 0 saturated heterocycles. The minimum atomic E-state index is 0.366. The molecular formula is C18H27ClN4. The molecule has 1 aromatic heterocycles. The van der Waals surface area contributed by atoms with Gasteiger partial charge < -0.3 is 16.0 Å². The molecule has 1 heterocycles. The van der Waals surface area contributed by atoms with E-state index in [1.165, 1.54) is 0 Å². The molecule has 0 aliphatic carbocycles. The van der Waals surface area contributed by atoms with E-state index in [9.17, 15) is 0 Å². The van der Waals surface area contributed by atoms with Crippen LogP contribution in [0.2, 0.25) is 5.02 Å². The number of anilines is 1. The molecule has 0 fully saturated rings. The molecule has 2 rings (SSSR count). The van der Waals surface area contributed by atoms with E-state index in [0.29, 0.717) is 12.1 Å². The van der Waals surface area contributed by atoms with Gasteiger partial charge in [0.2, 0.25) is 0 Å². The Labute approximate surface area is 144 Å². The van der Waals surface area contributed by atoms with Crippen LogP contribution >= 0.6 is 11.6 Å². The highest BCUT2D eigenvalue weighted by Gasteiger charge is 2.11. The lowest BCUT2D eigenvalue weighted by Gasteiger charge is -2.23. The lowest BCUT2D eigenvalue weighted by Crippen LogP contribution is -2.43. The molecule has 23 heavy (non-hydrogen) atoms. The maximum atomic E-state index is 6.04. The molecule has 1 atom stereocenters. The second-order valence-corrected chi connectivity index (χ2v) is 6.36. The number of aromatic nitrogens is 1. The first-order chi connectivity index (χ1) is 11.1. The Hall–Kier alpha value is -1.36. The summed E-state index contributed by atoms with van der Waals surface area (Å²) in [5.74, 6) is 1.44. The van der Waals surface area contributed by atoms with Crippen molar-refractivity contribution < 1.29 is 0 Å². The molecule has 0 radical (unpaired) electrons. The third-order valence-electron chi connectivity index (χ3n) is 3.82. The summed E-state index contributed by atoms with van der Waals surface area (Å²) >= 11 is 6.04. The molecular weight excluding hydrogens is 308 g/mol. The van der Waals surface area contributed by atoms with Gasteiger partial charge in [-0.15, -0.1) is 0 Å². The highest BCUT2D eigenvalue weighted by molar-refractivity contribution is 6.31. The number of hydrogen-bond acceptors (Lipinski definition) is 4. The van der Waals surface area contributed by atoms with Gasteiger partial charge in [0, 0.05) is 17.0 Å². The Bertz CT molecular complexity index is 611. The van der Waals surface area contributed by atoms with Crippen molar-refractivity contribution in [3.8, 4) is 0 Å². The van der Waals surface area contributed by atoms with E-state index in [0.717, 1.165) is 47.8 Å². The van der Waals surface area contributed by atoms with E-state index in [1.807, 2.05) is 24.3 Å². The van der Waals surface area contributed by atoms with Crippen molar-refractivity contribution in [1.82, 2.24) is 15.6 Å². The van der Waals surface area contributed by atoms with Crippen LogP contribution in [0.15, 0.2) is 30.3 Å². The number of pyridine rings is 1. The van der Waals surface area contributed by atoms with Crippen LogP contribution in [0.25, 0.3) is 10.9 Å². The van der Waals surface area contributed by atoms with Crippen molar-refractivity contribution in [2.75, 3.05) is 25.0 Å². The molecule has 1 aromatic carbocycles. The maximum absolute atomic E-state index is 6.04. The van der Waals surface area contributed by atoms with Crippen molar-refractivity contribution in [2.24, 2.45) is 5.92 Å². The van der Waals surface area contributed by atoms with Gasteiger partial charge in [-0.1, -0.05) is 38.4 Å². The van der Waals surface area contributed by atoms with Crippen LogP contribution in [-0.4, -0.2) is 30.8 Å². The Morgan fingerprint density at radius 3 is 2.48 bits per heavy atom. The van der Waals surface area contributed by atoms with Gasteiger partial charge in [0.05, 0.1) is 11.7 Å². The fourth-order valence-electron chi connectivity index (χ4n) is 2.68. The highest BCUT2D eigenvalue weighted by Crippen LogP contribution is 2.19. The van der Waals surface area contributed by atoms with Crippen LogP contribution in [-0.2, 0) is 0 Å². The summed E-state index contributed by atoms with van der Waals surface area (Å²) in [6, 6.07) is 9.88. The number of hydrogen-bond donors (Lipinski definition) is 3. The van der Waals surface area contributed by atoms with Crippen molar-refractivity contribution in [3.63, 3.8) is 0 Å². The van der Waals surface area contributed by atoms with Gasteiger partial charge >= 0.3 is 0 Å². The average Bonchev–Trinajstić information content (AvgIpc) is 2.53. The zero-order valence-corrected chi connectivity index (χ0v) is 15.0. The summed E-state index contributed by atoms with van der Waals surface area (Å²) in [6.45, 7) is 9.38. The Morgan fingerprint density at radius 2 is 1.78 bits per heavy atom. The van der Waals surface area contributed by atoms with Gasteiger partial charge in [0.1, 0.15) is 5.82 Å². The number of nitrogens with zero attached hydrogens (tertiary/aromatic N) is 1. The first-order valence-corrected chi connectivity index (χ1v) is 8.77. The lowest BCUT2D eigenvalue weighted by molar-refractivity contribution is 0.364. The van der Waals surface area contributed by atoms with Crippen LogP contribution in [0.1, 0.15) is 27.2 Å². The quantitative estimate of drug-likeness (QED) is 0.609. The fraction of sp³-hybridized carbons (Fsp3) is 0.500. The summed E-state index contributed by atoms with van der Waals surface area (Å²) in [4.78, 5) is 4.63. The van der Waals surface area contributed by atoms with Crippen molar-refractivity contribution >= 4 is 28.3 Å². The van der Waals surface area contributed by atoms with Crippen molar-refractivity contribution in [2.45, 2.75) is 33.4 Å². The summed E-state index contributed by atoms with van der Waals surface area (Å²) in [5, 5.41) is 12.2. The smallest absolute Gasteiger partial charge is 0.126 e. The van der Waals surface area contributed by atoms with E-state index in [2.05, 4.69) is 47.8 Å². The summed E-state index contributed by atoms with van der Waals surface area (Å²) in [6.07, 6.45) is 1.44. The standard InChI is InChI=1S/C18H27ClN4/c1-4-20-18(21-5-2)10-13(3)12-22-17-9-7-14-6-8-15(19)11-16(14)23-17/h6-9,11,13,18,20-21H,4-5,10,12H2,1-3H3,(H,22,23). The second-order valence-electron chi connectivity index (χ2n) is 5.92. The van der Waals surface area contributed by atoms with E-state index in [-0.39, 0.29) is 0 Å². The fourth-order valence-corrected chi connectivity index (χ4v) is 2.85. The maximum Gasteiger partial charge on any atom is 0.126 e. The zero-order chi connectivity index (χ0) is 16.7. The molecule has 0 aliphatic heterocycles. The topological polar surface area (TPSA) is 49.0 Å². The zero-order valence-electron chi connectivity index (χ0n) is 14.2. The van der Waals surface area contributed by atoms with E-state index in [4.69, 9.17) is 11.6 Å². The number of rotatable bonds is 9. The number of benzene rings is 1. The molecule has 3 N–H and O–H groups in total. The molecule has 0 amide bonds. The molecule has 0 spiro atoms. The largest absolute Gasteiger partial charge is 0.370 e. The summed E-state index contributed by atoms with van der Waals surface area (Å²) in [7, 11) is 0. The minimum absolute atomic E-state index is 0.366. The average molecular weight is 335 g/mol. The molecule has 0 saturated carbocycles. The predicted molar refractivity (Wildman–Crippen MR) is 100 cm³/mol. The van der Waals surface area contributed by atoms with Gasteiger partial charge in [-0.25, -0.2) is 4.98 Å². The molecule has 5 heteroatoms. The van der Waals surface area contributed by atoms with Gasteiger partial charge in [0.15, 0.2) is 0 Å². The molecule has 1 unspecified atom stereocenters. The van der Waals surface area contributed by atoms with Crippen molar-refractivity contribution in [3.05, 3.63) is 35.4 Å². The van der Waals surface area contributed by atoms with Crippen LogP contribution in [0.3, 0.4) is 0 Å². The number of nitrogens with one attached hydrogen (secondary N) is 3. The Morgan fingerprint density at radius 1 is 1.09 bits per heavy atom. The van der Waals surface area contributed by atoms with Crippen LogP contribution in [0.4, 0.5) is 5.82 Å². The predicted octanol–water partition coefficient (Wildman–Crippen LogP) is 3.87. The normalized spacial score (nSPS) is 12.7. The minimum Gasteiger partial charge on any atom is -0.370 e. The summed E-state index contributed by atoms with van der Waals surface area (Å²) in [5.41, 5.74) is 0.924. The first kappa shape index (κ1) is 18.0. The van der Waals surface area contributed by atoms with Crippen molar-refractivity contribution in [1.29, 1.82) is 0 Å². The molecule has 4 nitrogen and oxygen atoms in total. The van der Waals surface area contributed by atoms with Gasteiger partial charge in [-0.3, -0.25) is 0 Å². The molecule has 2 aromatic rings. The molecule has 126 valence electrons. The Balaban J connectivity index is 1.91. The van der Waals surface area contributed by atoms with Crippen LogP contribution < -0.4 is 16.0 Å². The summed E-state index contributed by atoms with van der Waals surface area (Å²) < 4.78 is 0. The molecule has 0 aliphatic rings. The third-order valence-corrected chi connectivity index (χ3v) is 4.06. The number of halogens is 1. The highest BCUT2D eigenvalue weighted by atomic mass is 35.5.